The van der Waals surface area contributed by atoms with E-state index >= 15 is 0 Å². The van der Waals surface area contributed by atoms with Gasteiger partial charge in [-0.2, -0.15) is 0 Å². The summed E-state index contributed by atoms with van der Waals surface area (Å²) < 4.78 is 6.96. The summed E-state index contributed by atoms with van der Waals surface area (Å²) in [5.41, 5.74) is 12.2. The number of benzene rings is 16. The van der Waals surface area contributed by atoms with Gasteiger partial charge >= 0.3 is 257 Å². The summed E-state index contributed by atoms with van der Waals surface area (Å²) in [7, 11) is 0. The van der Waals surface area contributed by atoms with Crippen LogP contribution in [0, 0.1) is 0 Å². The molecule has 0 aliphatic rings. The third-order valence-electron chi connectivity index (χ3n) is 24.0. The molecule has 2 atom stereocenters. The fourth-order valence-corrected chi connectivity index (χ4v) is 31.3. The van der Waals surface area contributed by atoms with Crippen LogP contribution in [0.25, 0.3) is 158 Å². The molecule has 121 heavy (non-hydrogen) atoms. The molecular weight excluding hydrogens is 1640 g/mol. The van der Waals surface area contributed by atoms with Gasteiger partial charge in [0.1, 0.15) is 11.3 Å². The monoisotopic (exact) mass is 1700 g/mol. The van der Waals surface area contributed by atoms with Crippen LogP contribution in [-0.2, 0) is 23.6 Å². The Balaban J connectivity index is 0.000000106. The molecule has 0 N–H and O–H groups in total. The van der Waals surface area contributed by atoms with Gasteiger partial charge in [0.15, 0.2) is 0 Å². The molecule has 2 unspecified atom stereocenters. The topological polar surface area (TPSA) is 90.6 Å². The molecule has 9 heterocycles. The summed E-state index contributed by atoms with van der Waals surface area (Å²) in [6.45, 7) is 0. The van der Waals surface area contributed by atoms with Crippen LogP contribution in [0.2, 0.25) is 0 Å². The SMILES string of the molecule is S=P(c1ccccc1)(c1cccnc1)c1cccc2c1nc1c3ccccc3c3ccccc3n21.S=P(c1cnc2ccccc2c1)(c1ccc2cccnc2c1)c1cccc2c1nc1c3ccccc3c3ccccc3n21.[Se]=P(c1ccc2ccccc2c1)(c1ccc2ccccc2c1)c1cccc2c1nc1c3ccccc3c3ccccc3n21. The number of imidazole rings is 3. The van der Waals surface area contributed by atoms with E-state index in [0.29, 0.717) is 0 Å². The molecule has 0 saturated carbocycles. The predicted molar refractivity (Wildman–Crippen MR) is 523 cm³/mol. The van der Waals surface area contributed by atoms with E-state index in [2.05, 4.69) is 391 Å². The predicted octanol–water partition coefficient (Wildman–Crippen LogP) is 22.1. The first-order valence-corrected chi connectivity index (χ1v) is 49.9. The van der Waals surface area contributed by atoms with Crippen LogP contribution < -0.4 is 47.7 Å². The van der Waals surface area contributed by atoms with Crippen molar-refractivity contribution in [3.63, 3.8) is 0 Å². The molecule has 0 amide bonds. The summed E-state index contributed by atoms with van der Waals surface area (Å²) in [5, 5.41) is 28.3. The van der Waals surface area contributed by atoms with E-state index in [9.17, 15) is 0 Å². The summed E-state index contributed by atoms with van der Waals surface area (Å²) in [6.07, 6.45) is 7.54. The van der Waals surface area contributed by atoms with Crippen LogP contribution in [0.1, 0.15) is 0 Å². The minimum atomic E-state index is -2.65. The van der Waals surface area contributed by atoms with E-state index in [0.717, 1.165) is 125 Å². The molecule has 0 bridgehead atoms. The first-order valence-electron chi connectivity index (χ1n) is 40.3. The fraction of sp³-hybridized carbons (Fsp3) is 0. The number of rotatable bonds is 9. The van der Waals surface area contributed by atoms with Crippen molar-refractivity contribution >= 4 is 262 Å². The molecule has 0 aliphatic carbocycles. The summed E-state index contributed by atoms with van der Waals surface area (Å²) in [4.78, 5) is 30.3. The third-order valence-corrected chi connectivity index (χ3v) is 40.8. The van der Waals surface area contributed by atoms with E-state index in [1.807, 2.05) is 48.9 Å². The Labute approximate surface area is 712 Å². The van der Waals surface area contributed by atoms with Gasteiger partial charge < -0.3 is 0 Å². The maximum absolute atomic E-state index is 6.95. The zero-order valence-electron chi connectivity index (χ0n) is 64.9. The maximum atomic E-state index is 6.95. The Morgan fingerprint density at radius 2 is 0.603 bits per heavy atom. The number of aromatic nitrogens is 9. The zero-order chi connectivity index (χ0) is 80.5. The first-order chi connectivity index (χ1) is 59.7. The molecule has 25 rings (SSSR count). The van der Waals surface area contributed by atoms with Crippen molar-refractivity contribution in [2.24, 2.45) is 0 Å². The molecule has 0 radical (unpaired) electrons. The van der Waals surface area contributed by atoms with Crippen LogP contribution in [0.3, 0.4) is 0 Å². The van der Waals surface area contributed by atoms with Crippen molar-refractivity contribution in [1.82, 2.24) is 43.1 Å². The second kappa shape index (κ2) is 29.3. The molecule has 0 saturated heterocycles. The van der Waals surface area contributed by atoms with Crippen LogP contribution >= 0.6 is 17.6 Å². The standard InChI is InChI=1S/C39H25N2PSe.C37H23N4PS.C30H20N3PS/c43-42(30-22-20-26-10-1-3-12-28(26)24-30,31-23-21-27-11-2-4-13-29(27)25-31)37-19-9-18-36-38(37)40-39-34-16-6-5-14-32(34)33-15-7-8-17-35(33)41(36)39;43-42(26-19-18-24-10-8-20-38-32(24)22-26,27-21-25-9-1-5-14-31(25)39-23-27)35-17-7-16-34-36(35)40-37-30-13-3-2-11-28(30)29-12-4-6-15-33(29)41(34)37;35-34(21-10-2-1-3-11-21,22-12-9-19-31-20-22)28-18-8-17-27-29(28)32-30-25-15-5-4-13-23(25)24-14-6-7-16-26(24)33(27)30/h1-25H;1-23H;1-20H. The molecule has 9 nitrogen and oxygen atoms in total. The normalized spacial score (nSPS) is 13.0. The average Bonchev–Trinajstić information content (AvgIpc) is 1.60. The summed E-state index contributed by atoms with van der Waals surface area (Å²) in [5.74, 6) is 0. The van der Waals surface area contributed by atoms with Gasteiger partial charge in [0.05, 0.1) is 44.1 Å². The van der Waals surface area contributed by atoms with Gasteiger partial charge in [0, 0.05) is 90.4 Å². The number of hydrogen-bond acceptors (Lipinski definition) is 8. The first kappa shape index (κ1) is 72.9. The summed E-state index contributed by atoms with van der Waals surface area (Å²) >= 11 is 17.4. The molecule has 25 aromatic rings. The molecule has 9 aromatic heterocycles. The third kappa shape index (κ3) is 11.7. The number of hydrogen-bond donors (Lipinski definition) is 0. The van der Waals surface area contributed by atoms with Crippen molar-refractivity contribution in [3.05, 3.63) is 413 Å². The van der Waals surface area contributed by atoms with Gasteiger partial charge in [-0.25, -0.2) is 9.97 Å². The van der Waals surface area contributed by atoms with Crippen LogP contribution in [0.5, 0.6) is 0 Å². The minimum absolute atomic E-state index is 0.932. The quantitative estimate of drug-likeness (QED) is 0.0802. The van der Waals surface area contributed by atoms with Crippen molar-refractivity contribution in [2.45, 2.75) is 0 Å². The Morgan fingerprint density at radius 3 is 1.11 bits per heavy atom. The zero-order valence-corrected chi connectivity index (χ0v) is 70.9. The van der Waals surface area contributed by atoms with Crippen LogP contribution in [0.4, 0.5) is 0 Å². The Hall–Kier alpha value is -13.3. The molecular formula is C106H68N9P3S2Se. The van der Waals surface area contributed by atoms with E-state index in [1.165, 1.54) is 80.7 Å². The number of pyridine rings is 6. The Kier molecular flexibility index (Phi) is 17.6. The van der Waals surface area contributed by atoms with Crippen molar-refractivity contribution < 1.29 is 0 Å². The average molecular weight is 1700 g/mol. The van der Waals surface area contributed by atoms with E-state index in [1.54, 1.807) is 6.20 Å². The van der Waals surface area contributed by atoms with E-state index in [-0.39, 0.29) is 0 Å². The molecule has 0 aliphatic heterocycles. The van der Waals surface area contributed by atoms with Crippen molar-refractivity contribution in [2.75, 3.05) is 0 Å². The van der Waals surface area contributed by atoms with E-state index in [4.69, 9.17) is 48.5 Å². The van der Waals surface area contributed by atoms with Crippen molar-refractivity contribution in [1.29, 1.82) is 0 Å². The van der Waals surface area contributed by atoms with Gasteiger partial charge in [-0.05, 0) is 76.0 Å². The van der Waals surface area contributed by atoms with Crippen molar-refractivity contribution in [3.8, 4) is 0 Å². The Bertz CT molecular complexity index is 8200. The molecule has 15 heteroatoms. The number of fused-ring (bicyclic) bond motifs is 28. The van der Waals surface area contributed by atoms with Gasteiger partial charge in [0.25, 0.3) is 0 Å². The second-order valence-corrected chi connectivity index (χ2v) is 45.6. The van der Waals surface area contributed by atoms with E-state index < -0.39 is 17.6 Å². The Morgan fingerprint density at radius 1 is 0.231 bits per heavy atom. The van der Waals surface area contributed by atoms with Gasteiger partial charge in [-0.1, -0.05) is 206 Å². The molecule has 0 fully saturated rings. The fourth-order valence-electron chi connectivity index (χ4n) is 18.4. The number of nitrogens with zero attached hydrogens (tertiary/aromatic N) is 9. The van der Waals surface area contributed by atoms with Crippen LogP contribution in [-0.4, -0.2) is 58.2 Å². The molecule has 570 valence electrons. The summed E-state index contributed by atoms with van der Waals surface area (Å²) in [6, 6.07) is 133. The van der Waals surface area contributed by atoms with Crippen LogP contribution in [0.15, 0.2) is 413 Å². The molecule has 0 spiro atoms. The molecule has 16 aromatic carbocycles. The second-order valence-electron chi connectivity index (χ2n) is 30.6. The van der Waals surface area contributed by atoms with Gasteiger partial charge in [-0.3, -0.25) is 23.8 Å². The number of para-hydroxylation sites is 7. The van der Waals surface area contributed by atoms with Gasteiger partial charge in [0.2, 0.25) is 0 Å². The van der Waals surface area contributed by atoms with Gasteiger partial charge in [-0.15, -0.1) is 0 Å².